The van der Waals surface area contributed by atoms with Crippen LogP contribution in [0.25, 0.3) is 0 Å². The summed E-state index contributed by atoms with van der Waals surface area (Å²) in [5, 5.41) is 6.29. The van der Waals surface area contributed by atoms with Crippen LogP contribution in [0.15, 0.2) is 0 Å². The van der Waals surface area contributed by atoms with Gasteiger partial charge in [-0.3, -0.25) is 0 Å². The molecule has 98 valence electrons. The van der Waals surface area contributed by atoms with Crippen molar-refractivity contribution < 1.29 is 4.79 Å². The predicted molar refractivity (Wildman–Crippen MR) is 68.1 cm³/mol. The molecule has 2 amide bonds. The first-order chi connectivity index (χ1) is 8.29. The Morgan fingerprint density at radius 2 is 2.35 bits per heavy atom. The van der Waals surface area contributed by atoms with Gasteiger partial charge in [-0.2, -0.15) is 0 Å². The van der Waals surface area contributed by atoms with Gasteiger partial charge in [0.05, 0.1) is 0 Å². The van der Waals surface area contributed by atoms with Gasteiger partial charge < -0.3 is 20.4 Å². The Bertz CT molecular complexity index is 259. The van der Waals surface area contributed by atoms with Gasteiger partial charge in [0.2, 0.25) is 0 Å². The molecule has 2 fully saturated rings. The highest BCUT2D eigenvalue weighted by atomic mass is 16.2. The van der Waals surface area contributed by atoms with Gasteiger partial charge in [0.25, 0.3) is 0 Å². The first-order valence-corrected chi connectivity index (χ1v) is 6.75. The highest BCUT2D eigenvalue weighted by Gasteiger charge is 2.21. The number of urea groups is 1. The molecule has 2 saturated heterocycles. The first-order valence-electron chi connectivity index (χ1n) is 6.75. The maximum Gasteiger partial charge on any atom is 0.317 e. The fraction of sp³-hybridized carbons (Fsp3) is 0.917. The van der Waals surface area contributed by atoms with Crippen molar-refractivity contribution in [3.05, 3.63) is 0 Å². The Kier molecular flexibility index (Phi) is 4.62. The fourth-order valence-corrected chi connectivity index (χ4v) is 2.61. The third kappa shape index (κ3) is 3.57. The SMILES string of the molecule is CCN1CCC(CNCCN2CCNC2=O)C1. The number of carbonyl (C=O) groups is 1. The van der Waals surface area contributed by atoms with E-state index in [1.807, 2.05) is 4.90 Å². The average Bonchev–Trinajstić information content (AvgIpc) is 2.94. The highest BCUT2D eigenvalue weighted by Crippen LogP contribution is 2.14. The number of carbonyl (C=O) groups excluding carboxylic acids is 1. The topological polar surface area (TPSA) is 47.6 Å². The maximum atomic E-state index is 11.3. The Hall–Kier alpha value is -0.810. The Morgan fingerprint density at radius 3 is 3.00 bits per heavy atom. The Balaban J connectivity index is 1.53. The minimum Gasteiger partial charge on any atom is -0.336 e. The molecule has 2 aliphatic rings. The predicted octanol–water partition coefficient (Wildman–Crippen LogP) is -0.0570. The van der Waals surface area contributed by atoms with Crippen LogP contribution in [0.5, 0.6) is 0 Å². The lowest BCUT2D eigenvalue weighted by Gasteiger charge is -2.16. The summed E-state index contributed by atoms with van der Waals surface area (Å²) in [5.74, 6) is 0.794. The lowest BCUT2D eigenvalue weighted by atomic mass is 10.1. The van der Waals surface area contributed by atoms with E-state index in [2.05, 4.69) is 22.5 Å². The number of hydrogen-bond donors (Lipinski definition) is 2. The van der Waals surface area contributed by atoms with Crippen molar-refractivity contribution in [3.63, 3.8) is 0 Å². The molecule has 17 heavy (non-hydrogen) atoms. The molecule has 2 rings (SSSR count). The molecule has 0 spiro atoms. The molecule has 2 heterocycles. The highest BCUT2D eigenvalue weighted by molar-refractivity contribution is 5.76. The van der Waals surface area contributed by atoms with Crippen LogP contribution in [0.1, 0.15) is 13.3 Å². The molecule has 0 bridgehead atoms. The molecule has 2 N–H and O–H groups in total. The van der Waals surface area contributed by atoms with Crippen LogP contribution in [0.3, 0.4) is 0 Å². The van der Waals surface area contributed by atoms with Crippen LogP contribution < -0.4 is 10.6 Å². The van der Waals surface area contributed by atoms with E-state index in [0.717, 1.165) is 38.6 Å². The molecule has 1 atom stereocenters. The minimum absolute atomic E-state index is 0.0878. The monoisotopic (exact) mass is 240 g/mol. The zero-order valence-electron chi connectivity index (χ0n) is 10.7. The number of nitrogens with zero attached hydrogens (tertiary/aromatic N) is 2. The molecule has 5 nitrogen and oxygen atoms in total. The molecule has 0 saturated carbocycles. The van der Waals surface area contributed by atoms with Crippen LogP contribution in [0.2, 0.25) is 0 Å². The summed E-state index contributed by atoms with van der Waals surface area (Å²) in [5.41, 5.74) is 0. The summed E-state index contributed by atoms with van der Waals surface area (Å²) in [6.07, 6.45) is 1.31. The van der Waals surface area contributed by atoms with Crippen molar-refractivity contribution in [2.45, 2.75) is 13.3 Å². The maximum absolute atomic E-state index is 11.3. The second-order valence-corrected chi connectivity index (χ2v) is 4.97. The number of nitrogens with one attached hydrogen (secondary N) is 2. The summed E-state index contributed by atoms with van der Waals surface area (Å²) < 4.78 is 0. The molecule has 0 aromatic carbocycles. The summed E-state index contributed by atoms with van der Waals surface area (Å²) in [6.45, 7) is 10.4. The molecule has 5 heteroatoms. The third-order valence-electron chi connectivity index (χ3n) is 3.75. The minimum atomic E-state index is 0.0878. The quantitative estimate of drug-likeness (QED) is 0.640. The second kappa shape index (κ2) is 6.21. The van der Waals surface area contributed by atoms with E-state index in [9.17, 15) is 4.79 Å². The number of amides is 2. The Labute approximate surface area is 104 Å². The second-order valence-electron chi connectivity index (χ2n) is 4.97. The molecule has 0 aliphatic carbocycles. The summed E-state index contributed by atoms with van der Waals surface area (Å²) in [6, 6.07) is 0.0878. The van der Waals surface area contributed by atoms with Crippen molar-refractivity contribution in [2.75, 3.05) is 52.4 Å². The smallest absolute Gasteiger partial charge is 0.317 e. The zero-order chi connectivity index (χ0) is 12.1. The summed E-state index contributed by atoms with van der Waals surface area (Å²) >= 11 is 0. The van der Waals surface area contributed by atoms with Crippen LogP contribution in [0, 0.1) is 5.92 Å². The van der Waals surface area contributed by atoms with Gasteiger partial charge >= 0.3 is 6.03 Å². The normalized spacial score (nSPS) is 25.6. The van der Waals surface area contributed by atoms with Gasteiger partial charge in [0.1, 0.15) is 0 Å². The standard InChI is InChI=1S/C12H24N4O/c1-2-15-6-3-11(10-15)9-13-4-7-16-8-5-14-12(16)17/h11,13H,2-10H2,1H3,(H,14,17). The van der Waals surface area contributed by atoms with Gasteiger partial charge in [-0.15, -0.1) is 0 Å². The van der Waals surface area contributed by atoms with Gasteiger partial charge in [0.15, 0.2) is 0 Å². The lowest BCUT2D eigenvalue weighted by molar-refractivity contribution is 0.217. The Morgan fingerprint density at radius 1 is 1.47 bits per heavy atom. The number of rotatable bonds is 6. The van der Waals surface area contributed by atoms with Crippen molar-refractivity contribution in [1.29, 1.82) is 0 Å². The average molecular weight is 240 g/mol. The zero-order valence-corrected chi connectivity index (χ0v) is 10.7. The van der Waals surface area contributed by atoms with Crippen molar-refractivity contribution >= 4 is 6.03 Å². The van der Waals surface area contributed by atoms with Crippen LogP contribution in [-0.4, -0.2) is 68.2 Å². The van der Waals surface area contributed by atoms with Gasteiger partial charge in [-0.05, 0) is 32.0 Å². The molecule has 0 aromatic heterocycles. The van der Waals surface area contributed by atoms with E-state index in [0.29, 0.717) is 0 Å². The van der Waals surface area contributed by atoms with Gasteiger partial charge in [0, 0.05) is 32.7 Å². The molecule has 1 unspecified atom stereocenters. The molecular formula is C12H24N4O. The molecule has 0 radical (unpaired) electrons. The van der Waals surface area contributed by atoms with Crippen LogP contribution in [0.4, 0.5) is 4.79 Å². The van der Waals surface area contributed by atoms with E-state index in [1.165, 1.54) is 26.1 Å². The summed E-state index contributed by atoms with van der Waals surface area (Å²) in [4.78, 5) is 15.7. The first kappa shape index (κ1) is 12.6. The fourth-order valence-electron chi connectivity index (χ4n) is 2.61. The number of hydrogen-bond acceptors (Lipinski definition) is 3. The van der Waals surface area contributed by atoms with Gasteiger partial charge in [-0.25, -0.2) is 4.79 Å². The number of likely N-dealkylation sites (tertiary alicyclic amines) is 1. The van der Waals surface area contributed by atoms with E-state index < -0.39 is 0 Å². The van der Waals surface area contributed by atoms with Crippen LogP contribution >= 0.6 is 0 Å². The summed E-state index contributed by atoms with van der Waals surface area (Å²) in [7, 11) is 0. The van der Waals surface area contributed by atoms with Gasteiger partial charge in [-0.1, -0.05) is 6.92 Å². The molecule has 2 aliphatic heterocycles. The lowest BCUT2D eigenvalue weighted by Crippen LogP contribution is -2.36. The van der Waals surface area contributed by atoms with E-state index in [1.54, 1.807) is 0 Å². The van der Waals surface area contributed by atoms with Crippen molar-refractivity contribution in [2.24, 2.45) is 5.92 Å². The molecule has 0 aromatic rings. The third-order valence-corrected chi connectivity index (χ3v) is 3.75. The van der Waals surface area contributed by atoms with Crippen molar-refractivity contribution in [3.8, 4) is 0 Å². The van der Waals surface area contributed by atoms with Crippen LogP contribution in [-0.2, 0) is 0 Å². The van der Waals surface area contributed by atoms with E-state index in [-0.39, 0.29) is 6.03 Å². The van der Waals surface area contributed by atoms with E-state index >= 15 is 0 Å². The van der Waals surface area contributed by atoms with E-state index in [4.69, 9.17) is 0 Å². The van der Waals surface area contributed by atoms with Crippen molar-refractivity contribution in [1.82, 2.24) is 20.4 Å². The largest absolute Gasteiger partial charge is 0.336 e. The molecular weight excluding hydrogens is 216 g/mol.